The summed E-state index contributed by atoms with van der Waals surface area (Å²) in [5, 5.41) is 0. The highest BCUT2D eigenvalue weighted by atomic mass is 16.5. The number of ether oxygens (including phenoxy) is 2. The summed E-state index contributed by atoms with van der Waals surface area (Å²) in [5.74, 6) is 8.48. The topological polar surface area (TPSA) is 21.7 Å². The maximum absolute atomic E-state index is 5.60. The molecule has 2 rings (SSSR count). The Kier molecular flexibility index (Phi) is 9.18. The van der Waals surface area contributed by atoms with Crippen LogP contribution in [0.2, 0.25) is 0 Å². The standard InChI is InChI=1S/C25H31NO2/c1-5-7-8-12-15-24(21-13-10-9-11-14-21)26(18-6-2)20-22-16-17-23(27-3)19-25(22)28-4/h6,9-11,13-14,16-17,19,24H,2,5,7-8,18,20H2,1,3-4H3. The average Bonchev–Trinajstić information content (AvgIpc) is 2.74. The first-order chi connectivity index (χ1) is 13.7. The molecule has 148 valence electrons. The first-order valence-corrected chi connectivity index (χ1v) is 9.82. The van der Waals surface area contributed by atoms with Crippen LogP contribution in [0.5, 0.6) is 11.5 Å². The predicted octanol–water partition coefficient (Wildman–Crippen LogP) is 5.63. The van der Waals surface area contributed by atoms with Crippen LogP contribution in [0.25, 0.3) is 0 Å². The Labute approximate surface area is 170 Å². The van der Waals surface area contributed by atoms with Gasteiger partial charge >= 0.3 is 0 Å². The first kappa shape index (κ1) is 21.6. The molecule has 0 fully saturated rings. The Morgan fingerprint density at radius 1 is 1.11 bits per heavy atom. The van der Waals surface area contributed by atoms with Gasteiger partial charge < -0.3 is 9.47 Å². The van der Waals surface area contributed by atoms with Gasteiger partial charge in [0.15, 0.2) is 0 Å². The molecular formula is C25H31NO2. The van der Waals surface area contributed by atoms with Gasteiger partial charge in [0, 0.05) is 31.1 Å². The molecule has 0 saturated heterocycles. The largest absolute Gasteiger partial charge is 0.497 e. The van der Waals surface area contributed by atoms with E-state index in [4.69, 9.17) is 9.47 Å². The summed E-state index contributed by atoms with van der Waals surface area (Å²) in [5.41, 5.74) is 2.29. The lowest BCUT2D eigenvalue weighted by atomic mass is 10.0. The van der Waals surface area contributed by atoms with Crippen molar-refractivity contribution in [1.29, 1.82) is 0 Å². The van der Waals surface area contributed by atoms with E-state index in [-0.39, 0.29) is 6.04 Å². The molecule has 2 aromatic rings. The van der Waals surface area contributed by atoms with Gasteiger partial charge in [-0.2, -0.15) is 0 Å². The van der Waals surface area contributed by atoms with Crippen LogP contribution in [0.3, 0.4) is 0 Å². The van der Waals surface area contributed by atoms with Crippen LogP contribution < -0.4 is 9.47 Å². The molecule has 0 N–H and O–H groups in total. The summed E-state index contributed by atoms with van der Waals surface area (Å²) in [6.45, 7) is 7.59. The van der Waals surface area contributed by atoms with Crippen LogP contribution in [-0.4, -0.2) is 25.7 Å². The van der Waals surface area contributed by atoms with Crippen molar-refractivity contribution < 1.29 is 9.47 Å². The number of rotatable bonds is 10. The molecule has 0 aliphatic carbocycles. The summed E-state index contributed by atoms with van der Waals surface area (Å²) in [6.07, 6.45) is 5.14. The molecule has 3 nitrogen and oxygen atoms in total. The molecule has 0 aliphatic heterocycles. The average molecular weight is 378 g/mol. The number of hydrogen-bond acceptors (Lipinski definition) is 3. The Morgan fingerprint density at radius 3 is 2.54 bits per heavy atom. The van der Waals surface area contributed by atoms with E-state index in [1.165, 1.54) is 5.56 Å². The molecule has 0 amide bonds. The molecule has 1 unspecified atom stereocenters. The third kappa shape index (κ3) is 6.18. The van der Waals surface area contributed by atoms with E-state index in [2.05, 4.69) is 60.6 Å². The van der Waals surface area contributed by atoms with Crippen molar-refractivity contribution in [3.05, 3.63) is 72.3 Å². The summed E-state index contributed by atoms with van der Waals surface area (Å²) < 4.78 is 10.9. The van der Waals surface area contributed by atoms with Crippen LogP contribution in [0.15, 0.2) is 61.2 Å². The highest BCUT2D eigenvalue weighted by molar-refractivity contribution is 5.41. The van der Waals surface area contributed by atoms with Crippen molar-refractivity contribution >= 4 is 0 Å². The summed E-state index contributed by atoms with van der Waals surface area (Å²) in [7, 11) is 3.35. The third-order valence-corrected chi connectivity index (χ3v) is 4.61. The van der Waals surface area contributed by atoms with Gasteiger partial charge in [0.25, 0.3) is 0 Å². The summed E-state index contributed by atoms with van der Waals surface area (Å²) in [4.78, 5) is 2.33. The predicted molar refractivity (Wildman–Crippen MR) is 117 cm³/mol. The van der Waals surface area contributed by atoms with Crippen LogP contribution in [0.4, 0.5) is 0 Å². The fraction of sp³-hybridized carbons (Fsp3) is 0.360. The van der Waals surface area contributed by atoms with E-state index >= 15 is 0 Å². The van der Waals surface area contributed by atoms with Gasteiger partial charge in [0.05, 0.1) is 20.3 Å². The highest BCUT2D eigenvalue weighted by Gasteiger charge is 2.19. The van der Waals surface area contributed by atoms with E-state index in [1.807, 2.05) is 24.3 Å². The fourth-order valence-electron chi connectivity index (χ4n) is 3.08. The van der Waals surface area contributed by atoms with Crippen LogP contribution in [0.1, 0.15) is 43.4 Å². The van der Waals surface area contributed by atoms with Gasteiger partial charge in [-0.15, -0.1) is 12.5 Å². The second-order valence-electron chi connectivity index (χ2n) is 6.63. The molecule has 0 aromatic heterocycles. The van der Waals surface area contributed by atoms with Gasteiger partial charge in [-0.3, -0.25) is 4.90 Å². The minimum absolute atomic E-state index is 0.00265. The molecule has 1 atom stereocenters. The molecule has 0 heterocycles. The van der Waals surface area contributed by atoms with E-state index in [0.29, 0.717) is 6.54 Å². The van der Waals surface area contributed by atoms with Crippen molar-refractivity contribution in [3.8, 4) is 23.3 Å². The lowest BCUT2D eigenvalue weighted by Gasteiger charge is -2.28. The van der Waals surface area contributed by atoms with Crippen LogP contribution in [0, 0.1) is 11.8 Å². The second-order valence-corrected chi connectivity index (χ2v) is 6.63. The van der Waals surface area contributed by atoms with Gasteiger partial charge in [-0.25, -0.2) is 0 Å². The van der Waals surface area contributed by atoms with Crippen molar-refractivity contribution in [2.75, 3.05) is 20.8 Å². The second kappa shape index (κ2) is 11.9. The van der Waals surface area contributed by atoms with Gasteiger partial charge in [0.1, 0.15) is 11.5 Å². The number of methoxy groups -OCH3 is 2. The molecule has 0 bridgehead atoms. The zero-order chi connectivity index (χ0) is 20.2. The van der Waals surface area contributed by atoms with Gasteiger partial charge in [-0.05, 0) is 18.1 Å². The smallest absolute Gasteiger partial charge is 0.127 e. The van der Waals surface area contributed by atoms with E-state index in [9.17, 15) is 0 Å². The Balaban J connectivity index is 2.35. The summed E-state index contributed by atoms with van der Waals surface area (Å²) in [6, 6.07) is 16.4. The maximum atomic E-state index is 5.60. The quantitative estimate of drug-likeness (QED) is 0.304. The fourth-order valence-corrected chi connectivity index (χ4v) is 3.08. The van der Waals surface area contributed by atoms with Gasteiger partial charge in [0.2, 0.25) is 0 Å². The Hall–Kier alpha value is -2.70. The third-order valence-electron chi connectivity index (χ3n) is 4.61. The number of nitrogens with zero attached hydrogens (tertiary/aromatic N) is 1. The molecule has 0 radical (unpaired) electrons. The SMILES string of the molecule is C=CCN(Cc1ccc(OC)cc1OC)C(C#CCCCC)c1ccccc1. The molecular weight excluding hydrogens is 346 g/mol. The summed E-state index contributed by atoms with van der Waals surface area (Å²) >= 11 is 0. The number of unbranched alkanes of at least 4 members (excludes halogenated alkanes) is 2. The lowest BCUT2D eigenvalue weighted by molar-refractivity contribution is 0.250. The molecule has 28 heavy (non-hydrogen) atoms. The Bertz CT molecular complexity index is 789. The highest BCUT2D eigenvalue weighted by Crippen LogP contribution is 2.29. The molecule has 0 aliphatic rings. The minimum atomic E-state index is 0.00265. The molecule has 3 heteroatoms. The lowest BCUT2D eigenvalue weighted by Crippen LogP contribution is -2.28. The Morgan fingerprint density at radius 2 is 1.89 bits per heavy atom. The van der Waals surface area contributed by atoms with Crippen LogP contribution in [-0.2, 0) is 6.54 Å². The molecule has 2 aromatic carbocycles. The number of hydrogen-bond donors (Lipinski definition) is 0. The van der Waals surface area contributed by atoms with E-state index < -0.39 is 0 Å². The first-order valence-electron chi connectivity index (χ1n) is 9.82. The van der Waals surface area contributed by atoms with E-state index in [1.54, 1.807) is 14.2 Å². The van der Waals surface area contributed by atoms with E-state index in [0.717, 1.165) is 42.9 Å². The monoisotopic (exact) mass is 377 g/mol. The minimum Gasteiger partial charge on any atom is -0.497 e. The van der Waals surface area contributed by atoms with Crippen molar-refractivity contribution in [1.82, 2.24) is 4.90 Å². The van der Waals surface area contributed by atoms with Crippen LogP contribution >= 0.6 is 0 Å². The zero-order valence-electron chi connectivity index (χ0n) is 17.3. The normalized spacial score (nSPS) is 11.4. The zero-order valence-corrected chi connectivity index (χ0v) is 17.3. The van der Waals surface area contributed by atoms with Crippen molar-refractivity contribution in [3.63, 3.8) is 0 Å². The van der Waals surface area contributed by atoms with Crippen molar-refractivity contribution in [2.45, 2.75) is 38.8 Å². The number of benzene rings is 2. The maximum Gasteiger partial charge on any atom is 0.127 e. The molecule has 0 saturated carbocycles. The molecule has 0 spiro atoms. The van der Waals surface area contributed by atoms with Crippen molar-refractivity contribution in [2.24, 2.45) is 0 Å². The van der Waals surface area contributed by atoms with Gasteiger partial charge in [-0.1, -0.05) is 61.7 Å².